The molecule has 6 heteroatoms. The molecule has 0 radical (unpaired) electrons. The van der Waals surface area contributed by atoms with Crippen molar-refractivity contribution in [2.24, 2.45) is 0 Å². The van der Waals surface area contributed by atoms with E-state index >= 15 is 0 Å². The van der Waals surface area contributed by atoms with E-state index in [2.05, 4.69) is 15.2 Å². The molecule has 1 N–H and O–H groups in total. The zero-order valence-corrected chi connectivity index (χ0v) is 15.6. The molecule has 0 aliphatic carbocycles. The minimum atomic E-state index is -0.0506. The van der Waals surface area contributed by atoms with Crippen LogP contribution in [0.1, 0.15) is 32.4 Å². The Morgan fingerprint density at radius 1 is 1.25 bits per heavy atom. The van der Waals surface area contributed by atoms with E-state index in [1.165, 1.54) is 16.9 Å². The largest absolute Gasteiger partial charge is 0.486 e. The summed E-state index contributed by atoms with van der Waals surface area (Å²) in [5.74, 6) is 0.758. The molecule has 1 amide bonds. The SMILES string of the molecule is Cc1ccc(OCc2nc(C)c(C(=O)NCCCN(C)C)s2)cc1. The number of carbonyl (C=O) groups excluding carboxylic acids is 1. The van der Waals surface area contributed by atoms with Crippen LogP contribution in [0, 0.1) is 13.8 Å². The fraction of sp³-hybridized carbons (Fsp3) is 0.444. The maximum atomic E-state index is 12.2. The average Bonchev–Trinajstić information content (AvgIpc) is 2.92. The van der Waals surface area contributed by atoms with Crippen LogP contribution in [0.3, 0.4) is 0 Å². The van der Waals surface area contributed by atoms with Crippen LogP contribution in [0.5, 0.6) is 5.75 Å². The van der Waals surface area contributed by atoms with Gasteiger partial charge in [-0.1, -0.05) is 17.7 Å². The zero-order chi connectivity index (χ0) is 17.5. The number of nitrogens with zero attached hydrogens (tertiary/aromatic N) is 2. The summed E-state index contributed by atoms with van der Waals surface area (Å²) in [4.78, 5) is 19.5. The number of amides is 1. The van der Waals surface area contributed by atoms with Crippen molar-refractivity contribution in [2.75, 3.05) is 27.2 Å². The van der Waals surface area contributed by atoms with Crippen molar-refractivity contribution in [2.45, 2.75) is 26.9 Å². The monoisotopic (exact) mass is 347 g/mol. The van der Waals surface area contributed by atoms with Crippen molar-refractivity contribution in [1.29, 1.82) is 0 Å². The number of carbonyl (C=O) groups is 1. The van der Waals surface area contributed by atoms with Gasteiger partial charge in [0.25, 0.3) is 5.91 Å². The van der Waals surface area contributed by atoms with Gasteiger partial charge < -0.3 is 15.0 Å². The molecule has 0 spiro atoms. The molecule has 1 aromatic heterocycles. The predicted molar refractivity (Wildman–Crippen MR) is 97.9 cm³/mol. The Hall–Kier alpha value is -1.92. The number of thiazole rings is 1. The Bertz CT molecular complexity index is 665. The van der Waals surface area contributed by atoms with Gasteiger partial charge in [0, 0.05) is 6.54 Å². The first kappa shape index (κ1) is 18.4. The third-order valence-electron chi connectivity index (χ3n) is 3.50. The molecule has 0 fully saturated rings. The minimum Gasteiger partial charge on any atom is -0.486 e. The third-order valence-corrected chi connectivity index (χ3v) is 4.63. The van der Waals surface area contributed by atoms with Gasteiger partial charge in [0.05, 0.1) is 5.69 Å². The van der Waals surface area contributed by atoms with E-state index in [0.29, 0.717) is 18.0 Å². The van der Waals surface area contributed by atoms with E-state index < -0.39 is 0 Å². The fourth-order valence-electron chi connectivity index (χ4n) is 2.18. The molecule has 1 aromatic carbocycles. The molecular formula is C18H25N3O2S. The number of hydrogen-bond acceptors (Lipinski definition) is 5. The molecule has 0 aliphatic heterocycles. The van der Waals surface area contributed by atoms with E-state index in [0.717, 1.165) is 29.4 Å². The highest BCUT2D eigenvalue weighted by Crippen LogP contribution is 2.20. The minimum absolute atomic E-state index is 0.0506. The molecule has 0 unspecified atom stereocenters. The van der Waals surface area contributed by atoms with Gasteiger partial charge in [-0.3, -0.25) is 4.79 Å². The zero-order valence-electron chi connectivity index (χ0n) is 14.8. The molecule has 0 bridgehead atoms. The molecule has 0 aliphatic rings. The fourth-order valence-corrected chi connectivity index (χ4v) is 3.08. The smallest absolute Gasteiger partial charge is 0.263 e. The number of ether oxygens (including phenoxy) is 1. The second kappa shape index (κ2) is 8.80. The van der Waals surface area contributed by atoms with Crippen LogP contribution in [0.4, 0.5) is 0 Å². The van der Waals surface area contributed by atoms with E-state index in [9.17, 15) is 4.79 Å². The van der Waals surface area contributed by atoms with E-state index in [1.807, 2.05) is 52.2 Å². The summed E-state index contributed by atoms with van der Waals surface area (Å²) in [5, 5.41) is 3.76. The van der Waals surface area contributed by atoms with Gasteiger partial charge in [-0.05, 0) is 53.0 Å². The highest BCUT2D eigenvalue weighted by molar-refractivity contribution is 7.13. The van der Waals surface area contributed by atoms with Crippen molar-refractivity contribution in [3.63, 3.8) is 0 Å². The lowest BCUT2D eigenvalue weighted by atomic mass is 10.2. The van der Waals surface area contributed by atoms with E-state index in [4.69, 9.17) is 4.74 Å². The quantitative estimate of drug-likeness (QED) is 0.746. The van der Waals surface area contributed by atoms with Gasteiger partial charge in [-0.2, -0.15) is 0 Å². The lowest BCUT2D eigenvalue weighted by Crippen LogP contribution is -2.26. The summed E-state index contributed by atoms with van der Waals surface area (Å²) in [7, 11) is 4.05. The van der Waals surface area contributed by atoms with Gasteiger partial charge in [-0.15, -0.1) is 11.3 Å². The highest BCUT2D eigenvalue weighted by Gasteiger charge is 2.15. The maximum absolute atomic E-state index is 12.2. The number of aromatic nitrogens is 1. The second-order valence-corrected chi connectivity index (χ2v) is 7.12. The molecule has 24 heavy (non-hydrogen) atoms. The molecule has 1 heterocycles. The summed E-state index contributed by atoms with van der Waals surface area (Å²) < 4.78 is 5.73. The summed E-state index contributed by atoms with van der Waals surface area (Å²) in [6, 6.07) is 7.90. The van der Waals surface area contributed by atoms with Gasteiger partial charge in [0.1, 0.15) is 22.2 Å². The topological polar surface area (TPSA) is 54.5 Å². The maximum Gasteiger partial charge on any atom is 0.263 e. The number of hydrogen-bond donors (Lipinski definition) is 1. The molecule has 5 nitrogen and oxygen atoms in total. The van der Waals surface area contributed by atoms with Crippen molar-refractivity contribution in [3.05, 3.63) is 45.4 Å². The Morgan fingerprint density at radius 2 is 1.96 bits per heavy atom. The molecule has 0 saturated heterocycles. The third kappa shape index (κ3) is 5.62. The highest BCUT2D eigenvalue weighted by atomic mass is 32.1. The van der Waals surface area contributed by atoms with E-state index in [1.54, 1.807) is 0 Å². The molecule has 2 rings (SSSR count). The first-order valence-electron chi connectivity index (χ1n) is 8.04. The Kier molecular flexibility index (Phi) is 6.75. The number of benzene rings is 1. The van der Waals surface area contributed by atoms with Crippen LogP contribution in [0.15, 0.2) is 24.3 Å². The van der Waals surface area contributed by atoms with Gasteiger partial charge in [0.15, 0.2) is 0 Å². The van der Waals surface area contributed by atoms with Gasteiger partial charge >= 0.3 is 0 Å². The summed E-state index contributed by atoms with van der Waals surface area (Å²) >= 11 is 1.40. The van der Waals surface area contributed by atoms with Crippen LogP contribution in [-0.2, 0) is 6.61 Å². The Labute approximate surface area is 147 Å². The first-order chi connectivity index (χ1) is 11.5. The van der Waals surface area contributed by atoms with Crippen LogP contribution in [0.2, 0.25) is 0 Å². The molecule has 2 aromatic rings. The lowest BCUT2D eigenvalue weighted by Gasteiger charge is -2.09. The second-order valence-electron chi connectivity index (χ2n) is 6.04. The van der Waals surface area contributed by atoms with Crippen LogP contribution >= 0.6 is 11.3 Å². The van der Waals surface area contributed by atoms with Crippen LogP contribution in [-0.4, -0.2) is 43.0 Å². The van der Waals surface area contributed by atoms with Gasteiger partial charge in [0.2, 0.25) is 0 Å². The van der Waals surface area contributed by atoms with Crippen molar-refractivity contribution < 1.29 is 9.53 Å². The Morgan fingerprint density at radius 3 is 2.62 bits per heavy atom. The number of aryl methyl sites for hydroxylation is 2. The standard InChI is InChI=1S/C18H25N3O2S/c1-13-6-8-15(9-7-13)23-12-16-20-14(2)17(24-16)18(22)19-10-5-11-21(3)4/h6-9H,5,10-12H2,1-4H3,(H,19,22). The van der Waals surface area contributed by atoms with Crippen molar-refractivity contribution in [1.82, 2.24) is 15.2 Å². The number of nitrogens with one attached hydrogen (secondary N) is 1. The van der Waals surface area contributed by atoms with Crippen LogP contribution in [0.25, 0.3) is 0 Å². The van der Waals surface area contributed by atoms with Crippen LogP contribution < -0.4 is 10.1 Å². The summed E-state index contributed by atoms with van der Waals surface area (Å²) in [6.45, 7) is 5.90. The predicted octanol–water partition coefficient (Wildman–Crippen LogP) is 3.02. The van der Waals surface area contributed by atoms with Crippen molar-refractivity contribution >= 4 is 17.2 Å². The van der Waals surface area contributed by atoms with E-state index in [-0.39, 0.29) is 5.91 Å². The molecular weight excluding hydrogens is 322 g/mol. The summed E-state index contributed by atoms with van der Waals surface area (Å²) in [5.41, 5.74) is 1.95. The van der Waals surface area contributed by atoms with Gasteiger partial charge in [-0.25, -0.2) is 4.98 Å². The Balaban J connectivity index is 1.87. The normalized spacial score (nSPS) is 10.9. The number of rotatable bonds is 8. The first-order valence-corrected chi connectivity index (χ1v) is 8.86. The average molecular weight is 347 g/mol. The molecule has 0 saturated carbocycles. The van der Waals surface area contributed by atoms with Crippen molar-refractivity contribution in [3.8, 4) is 5.75 Å². The summed E-state index contributed by atoms with van der Waals surface area (Å²) in [6.07, 6.45) is 0.931. The molecule has 130 valence electrons. The molecule has 0 atom stereocenters. The lowest BCUT2D eigenvalue weighted by molar-refractivity contribution is 0.0955.